The van der Waals surface area contributed by atoms with Crippen LogP contribution in [0.4, 0.5) is 0 Å². The highest BCUT2D eigenvalue weighted by Crippen LogP contribution is 2.36. The van der Waals surface area contributed by atoms with Crippen molar-refractivity contribution >= 4 is 53.7 Å². The van der Waals surface area contributed by atoms with E-state index < -0.39 is 0 Å². The molecule has 6 rings (SSSR count). The zero-order valence-electron chi connectivity index (χ0n) is 29.2. The van der Waals surface area contributed by atoms with Gasteiger partial charge in [-0.3, -0.25) is 4.79 Å². The van der Waals surface area contributed by atoms with Crippen LogP contribution in [0.3, 0.4) is 0 Å². The van der Waals surface area contributed by atoms with Gasteiger partial charge in [0.1, 0.15) is 5.88 Å². The number of nitrogens with two attached hydrogens (primary N) is 1. The second-order valence-electron chi connectivity index (χ2n) is 11.2. The first-order valence-electron chi connectivity index (χ1n) is 16.8. The molecule has 0 aliphatic rings. The fourth-order valence-electron chi connectivity index (χ4n) is 5.03. The highest BCUT2D eigenvalue weighted by Gasteiger charge is 2.15. The molecule has 2 N–H and O–H groups in total. The van der Waals surface area contributed by atoms with E-state index in [4.69, 9.17) is 27.9 Å². The van der Waals surface area contributed by atoms with Crippen LogP contribution in [0.1, 0.15) is 56.6 Å². The van der Waals surface area contributed by atoms with Gasteiger partial charge in [0.2, 0.25) is 5.91 Å². The van der Waals surface area contributed by atoms with Gasteiger partial charge in [-0.1, -0.05) is 189 Å². The molecule has 1 amide bonds. The fraction of sp³-hybridized carbons (Fsp3) is 0.152. The number of nitriles is 2. The molecule has 0 spiro atoms. The monoisotopic (exact) mass is 787 g/mol. The van der Waals surface area contributed by atoms with Gasteiger partial charge in [-0.25, -0.2) is 0 Å². The summed E-state index contributed by atoms with van der Waals surface area (Å²) in [5, 5.41) is 16.8. The Morgan fingerprint density at radius 1 is 0.537 bits per heavy atom. The maximum atomic E-state index is 11.0. The minimum absolute atomic E-state index is 0. The van der Waals surface area contributed by atoms with Crippen molar-refractivity contribution in [1.82, 2.24) is 0 Å². The summed E-state index contributed by atoms with van der Waals surface area (Å²) in [6.45, 7) is 0. The maximum Gasteiger partial charge on any atom is 0.227 e. The number of nitrogens with zero attached hydrogens (tertiary/aromatic N) is 2. The van der Waals surface area contributed by atoms with Crippen LogP contribution < -0.4 is 5.73 Å². The molecule has 54 heavy (non-hydrogen) atoms. The number of hydrogen-bond acceptors (Lipinski definition) is 6. The third kappa shape index (κ3) is 16.8. The van der Waals surface area contributed by atoms with Crippen molar-refractivity contribution in [3.63, 3.8) is 0 Å². The number of thiol groups is 1. The SMILES string of the molecule is C.N#CCCl.N#CCSC(c1ccccc1)c1ccccc1.NC(=O)CSC(c1ccccc1)c1ccccc1.SC(c1ccccc1)c1ccccc1. The van der Waals surface area contributed by atoms with Gasteiger partial charge in [-0.05, 0) is 33.4 Å². The number of primary amides is 1. The zero-order valence-corrected chi connectivity index (χ0v) is 32.5. The average Bonchev–Trinajstić information content (AvgIpc) is 3.23. The highest BCUT2D eigenvalue weighted by molar-refractivity contribution is 8.00. The fourth-order valence-corrected chi connectivity index (χ4v) is 7.35. The molecule has 0 saturated carbocycles. The van der Waals surface area contributed by atoms with E-state index in [1.54, 1.807) is 29.6 Å². The summed E-state index contributed by atoms with van der Waals surface area (Å²) < 4.78 is 0. The molecule has 0 bridgehead atoms. The molecule has 0 fully saturated rings. The van der Waals surface area contributed by atoms with Crippen molar-refractivity contribution < 1.29 is 4.79 Å². The molecule has 0 saturated heterocycles. The molecular formula is C46H46ClN3OS3. The second-order valence-corrected chi connectivity index (χ2v) is 14.1. The molecule has 0 heterocycles. The van der Waals surface area contributed by atoms with Crippen LogP contribution >= 0.6 is 47.8 Å². The van der Waals surface area contributed by atoms with Crippen molar-refractivity contribution in [1.29, 1.82) is 10.5 Å². The van der Waals surface area contributed by atoms with Crippen LogP contribution in [0.15, 0.2) is 182 Å². The van der Waals surface area contributed by atoms with Gasteiger partial charge in [0, 0.05) is 0 Å². The quantitative estimate of drug-likeness (QED) is 0.101. The molecule has 0 atom stereocenters. The number of amides is 1. The van der Waals surface area contributed by atoms with Crippen LogP contribution in [-0.4, -0.2) is 23.3 Å². The number of hydrogen-bond donors (Lipinski definition) is 2. The third-order valence-electron chi connectivity index (χ3n) is 7.41. The molecule has 6 aromatic carbocycles. The van der Waals surface area contributed by atoms with E-state index in [0.717, 1.165) is 0 Å². The molecule has 8 heteroatoms. The predicted octanol–water partition coefficient (Wildman–Crippen LogP) is 12.1. The first-order valence-corrected chi connectivity index (χ1v) is 19.9. The van der Waals surface area contributed by atoms with E-state index in [9.17, 15) is 4.79 Å². The van der Waals surface area contributed by atoms with E-state index in [0.29, 0.717) is 11.5 Å². The predicted molar refractivity (Wildman–Crippen MR) is 236 cm³/mol. The molecule has 0 radical (unpaired) electrons. The van der Waals surface area contributed by atoms with Crippen LogP contribution in [0.25, 0.3) is 0 Å². The van der Waals surface area contributed by atoms with Crippen molar-refractivity contribution in [3.8, 4) is 12.1 Å². The normalized spacial score (nSPS) is 9.76. The average molecular weight is 789 g/mol. The summed E-state index contributed by atoms with van der Waals surface area (Å²) in [6.07, 6.45) is 0. The smallest absolute Gasteiger partial charge is 0.227 e. The summed E-state index contributed by atoms with van der Waals surface area (Å²) in [5.41, 5.74) is 12.6. The Hall–Kier alpha value is -4.89. The van der Waals surface area contributed by atoms with Crippen LogP contribution in [-0.2, 0) is 4.79 Å². The standard InChI is InChI=1S/C15H15NOS.C15H13NS.C13H12S.C2H2ClN.CH4/c16-14(17)11-18-15(12-7-3-1-4-8-12)13-9-5-2-6-10-13;16-11-12-17-15(13-7-3-1-4-8-13)14-9-5-2-6-10-14;14-13(11-7-3-1-4-8-11)12-9-5-2-6-10-12;3-1-2-4;/h1-10,15H,11H2,(H2,16,17);1-10,15H,12H2;1-10,13-14H;1H2;1H4. The summed E-state index contributed by atoms with van der Waals surface area (Å²) in [4.78, 5) is 11.0. The Labute approximate surface area is 340 Å². The van der Waals surface area contributed by atoms with Gasteiger partial charge in [-0.15, -0.1) is 35.1 Å². The van der Waals surface area contributed by atoms with Crippen LogP contribution in [0, 0.1) is 22.7 Å². The van der Waals surface area contributed by atoms with Gasteiger partial charge in [-0.2, -0.15) is 23.2 Å². The highest BCUT2D eigenvalue weighted by atomic mass is 35.5. The van der Waals surface area contributed by atoms with Gasteiger partial charge < -0.3 is 5.73 Å². The lowest BCUT2D eigenvalue weighted by atomic mass is 10.0. The van der Waals surface area contributed by atoms with E-state index in [1.165, 1.54) is 33.4 Å². The molecule has 6 aromatic rings. The number of halogens is 1. The minimum atomic E-state index is -0.281. The lowest BCUT2D eigenvalue weighted by Gasteiger charge is -2.16. The number of rotatable bonds is 11. The van der Waals surface area contributed by atoms with Gasteiger partial charge in [0.05, 0.1) is 39.4 Å². The molecule has 276 valence electrons. The van der Waals surface area contributed by atoms with Crippen LogP contribution in [0.2, 0.25) is 0 Å². The molecule has 0 aliphatic heterocycles. The minimum Gasteiger partial charge on any atom is -0.369 e. The molecule has 0 aromatic heterocycles. The van der Waals surface area contributed by atoms with Gasteiger partial charge >= 0.3 is 0 Å². The van der Waals surface area contributed by atoms with E-state index in [-0.39, 0.29) is 35.0 Å². The van der Waals surface area contributed by atoms with Crippen molar-refractivity contribution in [2.75, 3.05) is 17.4 Å². The first kappa shape index (κ1) is 45.3. The Morgan fingerprint density at radius 3 is 1.04 bits per heavy atom. The lowest BCUT2D eigenvalue weighted by molar-refractivity contribution is -0.115. The van der Waals surface area contributed by atoms with Gasteiger partial charge in [0.25, 0.3) is 0 Å². The Balaban J connectivity index is 0.000000266. The first-order chi connectivity index (χ1) is 26.0. The third-order valence-corrected chi connectivity index (χ3v) is 10.6. The summed E-state index contributed by atoms with van der Waals surface area (Å²) in [5.74, 6) is 0.653. The number of alkyl halides is 1. The largest absolute Gasteiger partial charge is 0.369 e. The molecular weight excluding hydrogens is 742 g/mol. The summed E-state index contributed by atoms with van der Waals surface area (Å²) >= 11 is 12.7. The summed E-state index contributed by atoms with van der Waals surface area (Å²) in [7, 11) is 0. The number of carbonyl (C=O) groups is 1. The van der Waals surface area contributed by atoms with Crippen LogP contribution in [0.5, 0.6) is 0 Å². The maximum absolute atomic E-state index is 11.0. The molecule has 4 nitrogen and oxygen atoms in total. The Morgan fingerprint density at radius 2 is 0.796 bits per heavy atom. The van der Waals surface area contributed by atoms with Crippen molar-refractivity contribution in [3.05, 3.63) is 215 Å². The number of carbonyl (C=O) groups excluding carboxylic acids is 1. The van der Waals surface area contributed by atoms with E-state index in [2.05, 4.69) is 91.5 Å². The molecule has 0 unspecified atom stereocenters. The number of thioether (sulfide) groups is 2. The van der Waals surface area contributed by atoms with Crippen molar-refractivity contribution in [2.24, 2.45) is 5.73 Å². The van der Waals surface area contributed by atoms with Gasteiger partial charge in [0.15, 0.2) is 0 Å². The number of benzene rings is 6. The van der Waals surface area contributed by atoms with Crippen molar-refractivity contribution in [2.45, 2.75) is 23.2 Å². The lowest BCUT2D eigenvalue weighted by Crippen LogP contribution is -2.14. The van der Waals surface area contributed by atoms with E-state index in [1.807, 2.05) is 109 Å². The Kier molecular flexibility index (Phi) is 23.2. The topological polar surface area (TPSA) is 90.7 Å². The zero-order chi connectivity index (χ0) is 37.9. The second kappa shape index (κ2) is 27.7. The molecule has 0 aliphatic carbocycles. The Bertz CT molecular complexity index is 1810. The van der Waals surface area contributed by atoms with E-state index >= 15 is 0 Å². The summed E-state index contributed by atoms with van der Waals surface area (Å²) in [6, 6.07) is 65.5.